The van der Waals surface area contributed by atoms with Crippen molar-refractivity contribution in [2.75, 3.05) is 12.0 Å². The van der Waals surface area contributed by atoms with E-state index in [-0.39, 0.29) is 6.10 Å². The van der Waals surface area contributed by atoms with Crippen molar-refractivity contribution >= 4 is 22.7 Å². The molecule has 6 heteroatoms. The first-order valence-electron chi connectivity index (χ1n) is 9.32. The van der Waals surface area contributed by atoms with Crippen molar-refractivity contribution < 1.29 is 9.47 Å². The molecule has 0 aliphatic rings. The summed E-state index contributed by atoms with van der Waals surface area (Å²) >= 11 is 1.58. The summed E-state index contributed by atoms with van der Waals surface area (Å²) in [5.74, 6) is 1.46. The topological polar surface area (TPSA) is 55.7 Å². The molecule has 0 saturated carbocycles. The number of rotatable bonds is 8. The Hall–Kier alpha value is -2.86. The van der Waals surface area contributed by atoms with E-state index in [0.29, 0.717) is 6.61 Å². The summed E-state index contributed by atoms with van der Waals surface area (Å²) in [5.41, 5.74) is 6.04. The zero-order valence-electron chi connectivity index (χ0n) is 16.6. The third-order valence-electron chi connectivity index (χ3n) is 3.85. The highest BCUT2D eigenvalue weighted by molar-refractivity contribution is 7.15. The van der Waals surface area contributed by atoms with Gasteiger partial charge in [-0.05, 0) is 51.5 Å². The molecule has 28 heavy (non-hydrogen) atoms. The Morgan fingerprint density at radius 3 is 2.64 bits per heavy atom. The fourth-order valence-corrected chi connectivity index (χ4v) is 3.48. The summed E-state index contributed by atoms with van der Waals surface area (Å²) in [4.78, 5) is 5.80. The van der Waals surface area contributed by atoms with E-state index in [1.165, 1.54) is 0 Å². The summed E-state index contributed by atoms with van der Waals surface area (Å²) < 4.78 is 11.5. The summed E-state index contributed by atoms with van der Waals surface area (Å²) in [6, 6.07) is 15.9. The molecule has 0 spiro atoms. The van der Waals surface area contributed by atoms with Crippen molar-refractivity contribution in [1.82, 2.24) is 4.98 Å². The number of anilines is 1. The van der Waals surface area contributed by atoms with Crippen LogP contribution in [-0.2, 0) is 0 Å². The predicted molar refractivity (Wildman–Crippen MR) is 117 cm³/mol. The highest BCUT2D eigenvalue weighted by atomic mass is 32.1. The molecule has 1 N–H and O–H groups in total. The molecule has 0 aliphatic carbocycles. The number of aryl methyl sites for hydroxylation is 1. The maximum Gasteiger partial charge on any atom is 0.204 e. The van der Waals surface area contributed by atoms with E-state index in [1.54, 1.807) is 17.6 Å². The molecule has 0 saturated heterocycles. The number of nitrogens with one attached hydrogen (secondary N) is 1. The van der Waals surface area contributed by atoms with Crippen LogP contribution in [0.2, 0.25) is 0 Å². The van der Waals surface area contributed by atoms with Crippen LogP contribution in [0, 0.1) is 6.92 Å². The van der Waals surface area contributed by atoms with Crippen LogP contribution in [0.3, 0.4) is 0 Å². The minimum atomic E-state index is 0.0901. The molecule has 5 nitrogen and oxygen atoms in total. The van der Waals surface area contributed by atoms with E-state index in [2.05, 4.69) is 34.6 Å². The average molecular weight is 396 g/mol. The van der Waals surface area contributed by atoms with E-state index >= 15 is 0 Å². The second-order valence-electron chi connectivity index (χ2n) is 6.47. The second-order valence-corrected chi connectivity index (χ2v) is 7.67. The molecule has 0 fully saturated rings. The quantitative estimate of drug-likeness (QED) is 0.390. The van der Waals surface area contributed by atoms with Gasteiger partial charge in [-0.15, -0.1) is 11.3 Å². The molecular weight excluding hydrogens is 370 g/mol. The van der Waals surface area contributed by atoms with Gasteiger partial charge < -0.3 is 9.47 Å². The molecule has 1 aromatic heterocycles. The smallest absolute Gasteiger partial charge is 0.204 e. The molecule has 0 radical (unpaired) electrons. The number of hydrazone groups is 1. The Bertz CT molecular complexity index is 936. The van der Waals surface area contributed by atoms with Crippen LogP contribution in [0.1, 0.15) is 31.2 Å². The molecule has 1 heterocycles. The first-order valence-corrected chi connectivity index (χ1v) is 10.1. The lowest BCUT2D eigenvalue weighted by Gasteiger charge is -2.14. The van der Waals surface area contributed by atoms with Crippen molar-refractivity contribution in [2.24, 2.45) is 5.10 Å². The monoisotopic (exact) mass is 395 g/mol. The van der Waals surface area contributed by atoms with E-state index in [1.807, 2.05) is 57.2 Å². The standard InChI is InChI=1S/C22H25N3O2S/c1-5-26-20-13-17(11-12-19(20)27-15(2)3)14-23-25-22-24-21(16(4)28-22)18-9-7-6-8-10-18/h6-15H,5H2,1-4H3,(H,24,25)/b23-14+. The van der Waals surface area contributed by atoms with Crippen molar-refractivity contribution in [2.45, 2.75) is 33.8 Å². The largest absolute Gasteiger partial charge is 0.490 e. The predicted octanol–water partition coefficient (Wildman–Crippen LogP) is 5.75. The van der Waals surface area contributed by atoms with Crippen LogP contribution in [0.25, 0.3) is 11.3 Å². The van der Waals surface area contributed by atoms with Gasteiger partial charge in [0.05, 0.1) is 24.6 Å². The number of ether oxygens (including phenoxy) is 2. The number of nitrogens with zero attached hydrogens (tertiary/aromatic N) is 2. The maximum atomic E-state index is 5.79. The summed E-state index contributed by atoms with van der Waals surface area (Å²) in [6.07, 6.45) is 1.84. The SMILES string of the molecule is CCOc1cc(/C=N/Nc2nc(-c3ccccc3)c(C)s2)ccc1OC(C)C. The molecule has 146 valence electrons. The van der Waals surface area contributed by atoms with Crippen molar-refractivity contribution in [1.29, 1.82) is 0 Å². The highest BCUT2D eigenvalue weighted by Gasteiger charge is 2.09. The Kier molecular flexibility index (Phi) is 6.66. The molecular formula is C22H25N3O2S. The minimum absolute atomic E-state index is 0.0901. The van der Waals surface area contributed by atoms with Gasteiger partial charge in [0.25, 0.3) is 0 Å². The van der Waals surface area contributed by atoms with Gasteiger partial charge in [-0.3, -0.25) is 5.43 Å². The summed E-state index contributed by atoms with van der Waals surface area (Å²) in [5, 5.41) is 5.09. The highest BCUT2D eigenvalue weighted by Crippen LogP contribution is 2.31. The van der Waals surface area contributed by atoms with Gasteiger partial charge >= 0.3 is 0 Å². The third-order valence-corrected chi connectivity index (χ3v) is 4.72. The van der Waals surface area contributed by atoms with Gasteiger partial charge in [-0.2, -0.15) is 5.10 Å². The van der Waals surface area contributed by atoms with Gasteiger partial charge in [-0.1, -0.05) is 30.3 Å². The minimum Gasteiger partial charge on any atom is -0.490 e. The van der Waals surface area contributed by atoms with Gasteiger partial charge in [-0.25, -0.2) is 4.98 Å². The van der Waals surface area contributed by atoms with Crippen LogP contribution in [0.15, 0.2) is 53.6 Å². The number of aromatic nitrogens is 1. The molecule has 3 aromatic rings. The van der Waals surface area contributed by atoms with Crippen molar-refractivity contribution in [3.63, 3.8) is 0 Å². The Morgan fingerprint density at radius 2 is 1.93 bits per heavy atom. The lowest BCUT2D eigenvalue weighted by molar-refractivity contribution is 0.224. The van der Waals surface area contributed by atoms with Gasteiger partial charge in [0.15, 0.2) is 11.5 Å². The number of thiazole rings is 1. The molecule has 2 aromatic carbocycles. The average Bonchev–Trinajstić information content (AvgIpc) is 3.05. The van der Waals surface area contributed by atoms with Gasteiger partial charge in [0.1, 0.15) is 0 Å². The molecule has 0 amide bonds. The Morgan fingerprint density at radius 1 is 1.14 bits per heavy atom. The lowest BCUT2D eigenvalue weighted by atomic mass is 10.1. The molecule has 0 atom stereocenters. The van der Waals surface area contributed by atoms with Crippen LogP contribution >= 0.6 is 11.3 Å². The Balaban J connectivity index is 1.72. The normalized spacial score (nSPS) is 11.2. The zero-order chi connectivity index (χ0) is 19.9. The fourth-order valence-electron chi connectivity index (χ4n) is 2.69. The molecule has 0 unspecified atom stereocenters. The molecule has 0 bridgehead atoms. The molecule has 3 rings (SSSR count). The van der Waals surface area contributed by atoms with Gasteiger partial charge in [0, 0.05) is 10.4 Å². The van der Waals surface area contributed by atoms with Crippen LogP contribution in [0.4, 0.5) is 5.13 Å². The number of hydrogen-bond acceptors (Lipinski definition) is 6. The first kappa shape index (κ1) is 19.9. The fraction of sp³-hybridized carbons (Fsp3) is 0.273. The van der Waals surface area contributed by atoms with E-state index in [9.17, 15) is 0 Å². The van der Waals surface area contributed by atoms with Crippen LogP contribution in [0.5, 0.6) is 11.5 Å². The Labute approximate surface area is 170 Å². The summed E-state index contributed by atoms with van der Waals surface area (Å²) in [7, 11) is 0. The van der Waals surface area contributed by atoms with Crippen LogP contribution < -0.4 is 14.9 Å². The van der Waals surface area contributed by atoms with Crippen LogP contribution in [-0.4, -0.2) is 23.9 Å². The van der Waals surface area contributed by atoms with Crippen molar-refractivity contribution in [3.8, 4) is 22.8 Å². The van der Waals surface area contributed by atoms with E-state index < -0.39 is 0 Å². The van der Waals surface area contributed by atoms with Gasteiger partial charge in [0.2, 0.25) is 5.13 Å². The van der Waals surface area contributed by atoms with E-state index in [4.69, 9.17) is 9.47 Å². The maximum absolute atomic E-state index is 5.79. The number of hydrogen-bond donors (Lipinski definition) is 1. The summed E-state index contributed by atoms with van der Waals surface area (Å²) in [6.45, 7) is 8.59. The van der Waals surface area contributed by atoms with E-state index in [0.717, 1.165) is 38.3 Å². The van der Waals surface area contributed by atoms with Crippen molar-refractivity contribution in [3.05, 3.63) is 59.0 Å². The first-order chi connectivity index (χ1) is 13.6. The third kappa shape index (κ3) is 5.10. The lowest BCUT2D eigenvalue weighted by Crippen LogP contribution is -2.07. The molecule has 0 aliphatic heterocycles. The second kappa shape index (κ2) is 9.37. The number of benzene rings is 2. The zero-order valence-corrected chi connectivity index (χ0v) is 17.4.